The van der Waals surface area contributed by atoms with E-state index in [4.69, 9.17) is 0 Å². The van der Waals surface area contributed by atoms with Gasteiger partial charge in [0, 0.05) is 12.4 Å². The summed E-state index contributed by atoms with van der Waals surface area (Å²) in [5, 5.41) is 0. The molecule has 0 saturated carbocycles. The van der Waals surface area contributed by atoms with Crippen molar-refractivity contribution in [1.29, 1.82) is 0 Å². The van der Waals surface area contributed by atoms with Crippen LogP contribution in [0.4, 0.5) is 4.79 Å². The van der Waals surface area contributed by atoms with Crippen LogP contribution >= 0.6 is 0 Å². The molecule has 0 fully saturated rings. The summed E-state index contributed by atoms with van der Waals surface area (Å²) < 4.78 is 28.4. The molecule has 0 aliphatic heterocycles. The van der Waals surface area contributed by atoms with Gasteiger partial charge in [0.2, 0.25) is 0 Å². The molecule has 1 heterocycles. The van der Waals surface area contributed by atoms with Gasteiger partial charge in [0.15, 0.2) is 0 Å². The Balaban J connectivity index is 2.68. The predicted octanol–water partition coefficient (Wildman–Crippen LogP) is -1.17. The lowest BCUT2D eigenvalue weighted by atomic mass is 10.7. The normalized spacial score (nSPS) is 10.8. The van der Waals surface area contributed by atoms with E-state index in [1.165, 1.54) is 17.1 Å². The average molecular weight is 205 g/mol. The number of hydrogen-bond acceptors (Lipinski definition) is 4. The van der Waals surface area contributed by atoms with E-state index in [2.05, 4.69) is 10.0 Å². The second-order valence-corrected chi connectivity index (χ2v) is 3.30. The van der Waals surface area contributed by atoms with E-state index >= 15 is 0 Å². The van der Waals surface area contributed by atoms with Gasteiger partial charge in [0.25, 0.3) is 0 Å². The first-order valence-corrected chi connectivity index (χ1v) is 4.55. The molecule has 0 saturated heterocycles. The van der Waals surface area contributed by atoms with Crippen LogP contribution in [-0.4, -0.2) is 19.2 Å². The largest absolute Gasteiger partial charge is 0.429 e. The maximum absolute atomic E-state index is 10.9. The number of urea groups is 1. The summed E-state index contributed by atoms with van der Waals surface area (Å²) in [7, 11) is -4.17. The zero-order valence-corrected chi connectivity index (χ0v) is 7.19. The Labute approximate surface area is 74.3 Å². The number of aromatic nitrogens is 1. The third-order valence-corrected chi connectivity index (χ3v) is 1.81. The van der Waals surface area contributed by atoms with Crippen molar-refractivity contribution in [3.05, 3.63) is 24.5 Å². The topological polar surface area (TPSA) is 103 Å². The summed E-state index contributed by atoms with van der Waals surface area (Å²) in [5.41, 5.74) is 4.59. The molecule has 0 spiro atoms. The first-order chi connectivity index (χ1) is 5.99. The van der Waals surface area contributed by atoms with E-state index < -0.39 is 16.3 Å². The van der Waals surface area contributed by atoms with Crippen molar-refractivity contribution >= 4 is 16.3 Å². The van der Waals surface area contributed by atoms with Gasteiger partial charge in [-0.3, -0.25) is 4.28 Å². The molecule has 0 aromatic carbocycles. The predicted molar refractivity (Wildman–Crippen MR) is 42.7 cm³/mol. The van der Waals surface area contributed by atoms with E-state index in [9.17, 15) is 13.2 Å². The highest BCUT2D eigenvalue weighted by molar-refractivity contribution is 7.85. The van der Waals surface area contributed by atoms with Crippen LogP contribution in [0.15, 0.2) is 24.5 Å². The zero-order valence-electron chi connectivity index (χ0n) is 6.38. The van der Waals surface area contributed by atoms with Crippen LogP contribution in [0, 0.1) is 0 Å². The molecule has 72 valence electrons. The van der Waals surface area contributed by atoms with Gasteiger partial charge in [-0.2, -0.15) is 13.1 Å². The Morgan fingerprint density at radius 2 is 1.92 bits per heavy atom. The van der Waals surface area contributed by atoms with Crippen LogP contribution in [0.3, 0.4) is 0 Å². The molecule has 7 nitrogen and oxygen atoms in total. The monoisotopic (exact) mass is 205 g/mol. The Morgan fingerprint density at radius 3 is 2.38 bits per heavy atom. The van der Waals surface area contributed by atoms with Gasteiger partial charge in [0.05, 0.1) is 0 Å². The summed E-state index contributed by atoms with van der Waals surface area (Å²) >= 11 is 0. The summed E-state index contributed by atoms with van der Waals surface area (Å²) in [6, 6.07) is 1.91. The number of hydrogen-bond donors (Lipinski definition) is 2. The molecule has 1 aromatic heterocycles. The van der Waals surface area contributed by atoms with E-state index in [1.54, 1.807) is 12.1 Å². The smallest absolute Gasteiger partial charge is 0.351 e. The standard InChI is InChI=1S/C5H7N3O4S/c6-5(9)7-13(10,11)12-8-3-1-2-4-8/h1-4H,(H3,6,7,9). The number of rotatable bonds is 3. The molecule has 0 aliphatic carbocycles. The van der Waals surface area contributed by atoms with Crippen LogP contribution in [0.25, 0.3) is 0 Å². The molecular formula is C5H7N3O4S. The molecule has 3 N–H and O–H groups in total. The Bertz CT molecular complexity index is 382. The van der Waals surface area contributed by atoms with Gasteiger partial charge in [-0.25, -0.2) is 9.52 Å². The number of nitrogens with one attached hydrogen (secondary N) is 1. The van der Waals surface area contributed by atoms with E-state index in [0.717, 1.165) is 4.73 Å². The Kier molecular flexibility index (Phi) is 2.42. The molecule has 2 amide bonds. The summed E-state index contributed by atoms with van der Waals surface area (Å²) in [4.78, 5) is 10.2. The number of amides is 2. The molecule has 1 aromatic rings. The van der Waals surface area contributed by atoms with Crippen molar-refractivity contribution in [3.63, 3.8) is 0 Å². The van der Waals surface area contributed by atoms with E-state index in [1.807, 2.05) is 0 Å². The number of nitrogens with zero attached hydrogens (tertiary/aromatic N) is 1. The van der Waals surface area contributed by atoms with Gasteiger partial charge in [0.1, 0.15) is 0 Å². The number of primary amides is 1. The van der Waals surface area contributed by atoms with Gasteiger partial charge in [-0.05, 0) is 12.1 Å². The fourth-order valence-electron chi connectivity index (χ4n) is 0.624. The van der Waals surface area contributed by atoms with Gasteiger partial charge < -0.3 is 5.73 Å². The summed E-state index contributed by atoms with van der Waals surface area (Å²) in [6.45, 7) is 0. The first-order valence-electron chi connectivity index (χ1n) is 3.15. The summed E-state index contributed by atoms with van der Waals surface area (Å²) in [6.07, 6.45) is 2.69. The summed E-state index contributed by atoms with van der Waals surface area (Å²) in [5.74, 6) is 0. The van der Waals surface area contributed by atoms with Gasteiger partial charge >= 0.3 is 16.3 Å². The minimum absolute atomic E-state index is 0.908. The third kappa shape index (κ3) is 3.03. The minimum atomic E-state index is -4.17. The molecule has 13 heavy (non-hydrogen) atoms. The first kappa shape index (κ1) is 9.39. The second kappa shape index (κ2) is 3.35. The molecule has 0 unspecified atom stereocenters. The molecule has 1 rings (SSSR count). The highest BCUT2D eigenvalue weighted by Gasteiger charge is 2.13. The van der Waals surface area contributed by atoms with Crippen LogP contribution in [0.2, 0.25) is 0 Å². The Hall–Kier alpha value is -1.70. The average Bonchev–Trinajstić information content (AvgIpc) is 2.34. The van der Waals surface area contributed by atoms with Crippen LogP contribution in [0.1, 0.15) is 0 Å². The molecule has 8 heteroatoms. The molecule has 0 radical (unpaired) electrons. The highest BCUT2D eigenvalue weighted by Crippen LogP contribution is 1.88. The Morgan fingerprint density at radius 1 is 1.38 bits per heavy atom. The quantitative estimate of drug-likeness (QED) is 0.648. The lowest BCUT2D eigenvalue weighted by molar-refractivity contribution is 0.247. The lowest BCUT2D eigenvalue weighted by Crippen LogP contribution is -2.40. The van der Waals surface area contributed by atoms with E-state index in [-0.39, 0.29) is 0 Å². The zero-order chi connectivity index (χ0) is 9.90. The maximum Gasteiger partial charge on any atom is 0.429 e. The van der Waals surface area contributed by atoms with Crippen LogP contribution in [-0.2, 0) is 10.3 Å². The highest BCUT2D eigenvalue weighted by atomic mass is 32.2. The lowest BCUT2D eigenvalue weighted by Gasteiger charge is -2.05. The molecule has 0 aliphatic rings. The third-order valence-electron chi connectivity index (χ3n) is 0.987. The van der Waals surface area contributed by atoms with Crippen molar-refractivity contribution < 1.29 is 17.5 Å². The van der Waals surface area contributed by atoms with Gasteiger partial charge in [-0.15, -0.1) is 0 Å². The van der Waals surface area contributed by atoms with Crippen molar-refractivity contribution in [2.24, 2.45) is 5.73 Å². The van der Waals surface area contributed by atoms with Crippen LogP contribution in [0.5, 0.6) is 0 Å². The number of nitrogens with two attached hydrogens (primary N) is 1. The van der Waals surface area contributed by atoms with Crippen molar-refractivity contribution in [3.8, 4) is 0 Å². The van der Waals surface area contributed by atoms with Crippen molar-refractivity contribution in [2.75, 3.05) is 0 Å². The second-order valence-electron chi connectivity index (χ2n) is 2.04. The van der Waals surface area contributed by atoms with Crippen LogP contribution < -0.4 is 14.7 Å². The SMILES string of the molecule is NC(=O)NS(=O)(=O)On1cccc1. The minimum Gasteiger partial charge on any atom is -0.351 e. The molecular weight excluding hydrogens is 198 g/mol. The maximum atomic E-state index is 10.9. The fraction of sp³-hybridized carbons (Fsp3) is 0. The fourth-order valence-corrected chi connectivity index (χ4v) is 1.23. The van der Waals surface area contributed by atoms with Crippen molar-refractivity contribution in [2.45, 2.75) is 0 Å². The number of carbonyl (C=O) groups is 1. The van der Waals surface area contributed by atoms with E-state index in [0.29, 0.717) is 0 Å². The molecule has 0 bridgehead atoms. The number of carbonyl (C=O) groups excluding carboxylic acids is 1. The molecule has 0 atom stereocenters. The van der Waals surface area contributed by atoms with Crippen molar-refractivity contribution in [1.82, 2.24) is 9.45 Å². The van der Waals surface area contributed by atoms with Gasteiger partial charge in [-0.1, -0.05) is 0 Å².